The normalized spacial score (nSPS) is 18.2. The Morgan fingerprint density at radius 3 is 2.52 bits per heavy atom. The van der Waals surface area contributed by atoms with Crippen LogP contribution in [0.4, 0.5) is 17.6 Å². The number of fused-ring (bicyclic) bond motifs is 2. The molecular formula is C27H23F4N5O4. The number of aromatic nitrogens is 3. The summed E-state index contributed by atoms with van der Waals surface area (Å²) in [4.78, 5) is 29.2. The van der Waals surface area contributed by atoms with E-state index in [-0.39, 0.29) is 34.7 Å². The van der Waals surface area contributed by atoms with E-state index in [0.717, 1.165) is 18.2 Å². The van der Waals surface area contributed by atoms with Crippen molar-refractivity contribution in [1.29, 1.82) is 0 Å². The van der Waals surface area contributed by atoms with Crippen molar-refractivity contribution in [2.45, 2.75) is 24.1 Å². The van der Waals surface area contributed by atoms with E-state index in [1.54, 1.807) is 17.8 Å². The van der Waals surface area contributed by atoms with Crippen LogP contribution in [0.2, 0.25) is 0 Å². The van der Waals surface area contributed by atoms with Crippen molar-refractivity contribution in [1.82, 2.24) is 20.1 Å². The Morgan fingerprint density at radius 1 is 1.18 bits per heavy atom. The van der Waals surface area contributed by atoms with Crippen LogP contribution in [0, 0.1) is 5.82 Å². The van der Waals surface area contributed by atoms with Crippen molar-refractivity contribution in [3.05, 3.63) is 77.4 Å². The van der Waals surface area contributed by atoms with Gasteiger partial charge in [0.1, 0.15) is 29.3 Å². The molecule has 2 atom stereocenters. The Hall–Kier alpha value is -4.52. The van der Waals surface area contributed by atoms with Crippen LogP contribution in [0.15, 0.2) is 54.7 Å². The number of benzene rings is 2. The largest absolute Gasteiger partial charge is 0.489 e. The van der Waals surface area contributed by atoms with Gasteiger partial charge in [0.25, 0.3) is 5.91 Å². The van der Waals surface area contributed by atoms with E-state index in [9.17, 15) is 32.3 Å². The Balaban J connectivity index is 1.58. The third-order valence-corrected chi connectivity index (χ3v) is 7.14. The summed E-state index contributed by atoms with van der Waals surface area (Å²) in [6.45, 7) is -0.194. The molecule has 1 aliphatic rings. The first-order valence-electron chi connectivity index (χ1n) is 12.0. The molecule has 1 aliphatic heterocycles. The van der Waals surface area contributed by atoms with Gasteiger partial charge in [-0.05, 0) is 55.5 Å². The molecule has 2 aromatic heterocycles. The molecule has 4 aromatic rings. The number of pyridine rings is 1. The van der Waals surface area contributed by atoms with Crippen LogP contribution in [0.5, 0.6) is 5.75 Å². The number of nitrogens with one attached hydrogen (secondary N) is 1. The van der Waals surface area contributed by atoms with Crippen molar-refractivity contribution < 1.29 is 37.0 Å². The number of hydrogen-bond donors (Lipinski definition) is 3. The first-order chi connectivity index (χ1) is 18.7. The molecule has 9 nitrogen and oxygen atoms in total. The number of alkyl halides is 3. The molecule has 208 valence electrons. The first kappa shape index (κ1) is 27.1. The van der Waals surface area contributed by atoms with Crippen molar-refractivity contribution in [2.24, 2.45) is 12.8 Å². The van der Waals surface area contributed by atoms with Gasteiger partial charge in [-0.1, -0.05) is 0 Å². The summed E-state index contributed by atoms with van der Waals surface area (Å²) in [5.74, 6) is -2.37. The number of amides is 2. The van der Waals surface area contributed by atoms with Crippen molar-refractivity contribution >= 4 is 22.7 Å². The van der Waals surface area contributed by atoms with Gasteiger partial charge in [0, 0.05) is 29.1 Å². The maximum Gasteiger partial charge on any atom is 0.424 e. The van der Waals surface area contributed by atoms with Gasteiger partial charge in [0.2, 0.25) is 11.5 Å². The number of carbonyl (C=O) groups excluding carboxylic acids is 2. The molecule has 2 aromatic carbocycles. The summed E-state index contributed by atoms with van der Waals surface area (Å²) in [7, 11) is 1.70. The van der Waals surface area contributed by atoms with Crippen molar-refractivity contribution in [2.75, 3.05) is 13.2 Å². The molecule has 40 heavy (non-hydrogen) atoms. The van der Waals surface area contributed by atoms with Gasteiger partial charge in [-0.25, -0.2) is 9.37 Å². The van der Waals surface area contributed by atoms with Crippen molar-refractivity contribution in [3.8, 4) is 17.0 Å². The minimum atomic E-state index is -5.32. The van der Waals surface area contributed by atoms with E-state index in [1.165, 1.54) is 37.4 Å². The molecule has 1 unspecified atom stereocenters. The maximum absolute atomic E-state index is 14.5. The lowest BCUT2D eigenvalue weighted by atomic mass is 9.81. The van der Waals surface area contributed by atoms with E-state index < -0.39 is 47.1 Å². The van der Waals surface area contributed by atoms with Crippen LogP contribution in [0.3, 0.4) is 0 Å². The van der Waals surface area contributed by atoms with Gasteiger partial charge >= 0.3 is 6.18 Å². The molecule has 0 aliphatic carbocycles. The monoisotopic (exact) mass is 557 g/mol. The van der Waals surface area contributed by atoms with Crippen LogP contribution in [-0.4, -0.2) is 51.0 Å². The fourth-order valence-electron chi connectivity index (χ4n) is 4.55. The molecule has 3 heterocycles. The first-order valence-corrected chi connectivity index (χ1v) is 12.0. The highest BCUT2D eigenvalue weighted by Gasteiger charge is 2.57. The lowest BCUT2D eigenvalue weighted by molar-refractivity contribution is -0.265. The second-order valence-electron chi connectivity index (χ2n) is 9.81. The third kappa shape index (κ3) is 4.31. The van der Waals surface area contributed by atoms with Crippen LogP contribution >= 0.6 is 0 Å². The van der Waals surface area contributed by atoms with Crippen molar-refractivity contribution in [3.63, 3.8) is 0 Å². The van der Waals surface area contributed by atoms with Gasteiger partial charge in [0.05, 0.1) is 24.0 Å². The molecule has 5 rings (SSSR count). The second kappa shape index (κ2) is 9.30. The summed E-state index contributed by atoms with van der Waals surface area (Å²) in [6, 6.07) is 10.1. The molecular weight excluding hydrogens is 534 g/mol. The highest BCUT2D eigenvalue weighted by Crippen LogP contribution is 2.47. The second-order valence-corrected chi connectivity index (χ2v) is 9.81. The quantitative estimate of drug-likeness (QED) is 0.312. The number of halogens is 4. The van der Waals surface area contributed by atoms with Crippen LogP contribution in [-0.2, 0) is 22.9 Å². The number of nitrogens with zero attached hydrogens (tertiary/aromatic N) is 3. The summed E-state index contributed by atoms with van der Waals surface area (Å²) >= 11 is 0. The standard InChI is InChI=1S/C27H23F4N5O4/c1-25(24(32)38)13-40-22-18(25)10-20(35-21(22)14-3-6-17(28)7-4-14)26(39,27(29,30)31)12-33-23(37)15-5-8-19-16(9-15)11-34-36(19)2/h3-11,39H,12-13H2,1-2H3,(H2,32,38)(H,33,37)/t25-,26?/m0/s1. The minimum absolute atomic E-state index is 0.0185. The van der Waals surface area contributed by atoms with Gasteiger partial charge in [0.15, 0.2) is 0 Å². The Bertz CT molecular complexity index is 1650. The van der Waals surface area contributed by atoms with E-state index in [4.69, 9.17) is 10.5 Å². The Kier molecular flexibility index (Phi) is 6.29. The SMILES string of the molecule is Cn1ncc2cc(C(=O)NCC(O)(c3cc4c(c(-c5ccc(F)cc5)n3)OC[C@]4(C)C(N)=O)C(F)(F)F)ccc21. The number of primary amides is 1. The summed E-state index contributed by atoms with van der Waals surface area (Å²) in [5.41, 5.74) is 0.174. The highest BCUT2D eigenvalue weighted by atomic mass is 19.4. The summed E-state index contributed by atoms with van der Waals surface area (Å²) in [6.07, 6.45) is -3.82. The van der Waals surface area contributed by atoms with E-state index in [1.807, 2.05) is 0 Å². The zero-order valence-electron chi connectivity index (χ0n) is 21.2. The fraction of sp³-hybridized carbons (Fsp3) is 0.259. The average molecular weight is 558 g/mol. The molecule has 2 amide bonds. The van der Waals surface area contributed by atoms with Gasteiger partial charge in [-0.3, -0.25) is 14.3 Å². The molecule has 0 bridgehead atoms. The molecule has 0 fully saturated rings. The molecule has 13 heteroatoms. The van der Waals surface area contributed by atoms with Crippen LogP contribution in [0.1, 0.15) is 28.5 Å². The Labute approximate surface area is 224 Å². The lowest BCUT2D eigenvalue weighted by Crippen LogP contribution is -2.51. The van der Waals surface area contributed by atoms with Crippen LogP contribution < -0.4 is 15.8 Å². The molecule has 0 saturated carbocycles. The minimum Gasteiger partial charge on any atom is -0.489 e. The zero-order chi connectivity index (χ0) is 29.0. The summed E-state index contributed by atoms with van der Waals surface area (Å²) in [5, 5.41) is 17.9. The fourth-order valence-corrected chi connectivity index (χ4v) is 4.55. The molecule has 0 saturated heterocycles. The smallest absolute Gasteiger partial charge is 0.424 e. The number of aryl methyl sites for hydroxylation is 1. The number of carbonyl (C=O) groups is 2. The van der Waals surface area contributed by atoms with E-state index in [2.05, 4.69) is 15.4 Å². The topological polar surface area (TPSA) is 132 Å². The predicted molar refractivity (Wildman–Crippen MR) is 135 cm³/mol. The lowest BCUT2D eigenvalue weighted by Gasteiger charge is -2.31. The van der Waals surface area contributed by atoms with Gasteiger partial charge in [-0.2, -0.15) is 18.3 Å². The highest BCUT2D eigenvalue weighted by molar-refractivity contribution is 5.98. The summed E-state index contributed by atoms with van der Waals surface area (Å²) < 4.78 is 64.4. The molecule has 0 radical (unpaired) electrons. The van der Waals surface area contributed by atoms with Gasteiger partial charge < -0.3 is 20.9 Å². The number of nitrogens with two attached hydrogens (primary N) is 1. The zero-order valence-corrected chi connectivity index (χ0v) is 21.2. The number of hydrogen-bond acceptors (Lipinski definition) is 6. The number of aliphatic hydroxyl groups is 1. The third-order valence-electron chi connectivity index (χ3n) is 7.14. The predicted octanol–water partition coefficient (Wildman–Crippen LogP) is 3.09. The molecule has 4 N–H and O–H groups in total. The van der Waals surface area contributed by atoms with Crippen LogP contribution in [0.25, 0.3) is 22.2 Å². The van der Waals surface area contributed by atoms with E-state index in [0.29, 0.717) is 10.9 Å². The maximum atomic E-state index is 14.5. The molecule has 0 spiro atoms. The Morgan fingerprint density at radius 2 is 1.88 bits per heavy atom. The number of rotatable bonds is 6. The number of ether oxygens (including phenoxy) is 1. The average Bonchev–Trinajstić information content (AvgIpc) is 3.46. The van der Waals surface area contributed by atoms with Gasteiger partial charge in [-0.15, -0.1) is 0 Å². The van der Waals surface area contributed by atoms with E-state index >= 15 is 0 Å².